The molecule has 1 amide bonds. The predicted molar refractivity (Wildman–Crippen MR) is 91.7 cm³/mol. The third-order valence-corrected chi connectivity index (χ3v) is 7.10. The maximum atomic E-state index is 12.2. The van der Waals surface area contributed by atoms with Crippen molar-refractivity contribution in [2.75, 3.05) is 38.5 Å². The molecule has 7 heteroatoms. The van der Waals surface area contributed by atoms with Crippen LogP contribution in [0.5, 0.6) is 0 Å². The van der Waals surface area contributed by atoms with Crippen LogP contribution in [-0.2, 0) is 14.8 Å². The molecule has 2 aliphatic rings. The van der Waals surface area contributed by atoms with Gasteiger partial charge < -0.3 is 5.32 Å². The van der Waals surface area contributed by atoms with Crippen LogP contribution in [0.3, 0.4) is 0 Å². The second-order valence-corrected chi connectivity index (χ2v) is 9.00. The van der Waals surface area contributed by atoms with Gasteiger partial charge >= 0.3 is 0 Å². The van der Waals surface area contributed by atoms with Crippen molar-refractivity contribution in [1.82, 2.24) is 14.5 Å². The summed E-state index contributed by atoms with van der Waals surface area (Å²) in [6.07, 6.45) is 5.07. The van der Waals surface area contributed by atoms with E-state index in [1.165, 1.54) is 23.6 Å². The van der Waals surface area contributed by atoms with E-state index in [1.807, 2.05) is 0 Å². The fraction of sp³-hybridized carbons (Fsp3) is 0.938. The van der Waals surface area contributed by atoms with E-state index in [0.717, 1.165) is 13.1 Å². The van der Waals surface area contributed by atoms with Gasteiger partial charge in [-0.15, -0.1) is 0 Å². The third-order valence-electron chi connectivity index (χ3n) is 5.22. The van der Waals surface area contributed by atoms with E-state index < -0.39 is 10.0 Å². The Morgan fingerprint density at radius 1 is 1.13 bits per heavy atom. The number of sulfonamides is 1. The van der Waals surface area contributed by atoms with E-state index >= 15 is 0 Å². The SMILES string of the molecule is CCS(=O)(=O)N1CCC(C(=O)NCCN2CCCC[C@H]2C)CC1. The highest BCUT2D eigenvalue weighted by molar-refractivity contribution is 7.89. The Morgan fingerprint density at radius 3 is 2.43 bits per heavy atom. The van der Waals surface area contributed by atoms with Gasteiger partial charge in [-0.25, -0.2) is 12.7 Å². The highest BCUT2D eigenvalue weighted by Gasteiger charge is 2.30. The van der Waals surface area contributed by atoms with Gasteiger partial charge in [0.15, 0.2) is 0 Å². The standard InChI is InChI=1S/C16H31N3O3S/c1-3-23(21,22)19-11-7-15(8-12-19)16(20)17-9-13-18-10-5-4-6-14(18)2/h14-15H,3-13H2,1-2H3,(H,17,20)/t14-/m1/s1. The first kappa shape index (κ1) is 18.7. The summed E-state index contributed by atoms with van der Waals surface area (Å²) in [5.41, 5.74) is 0. The Hall–Kier alpha value is -0.660. The molecule has 2 saturated heterocycles. The molecule has 0 unspecified atom stereocenters. The number of nitrogens with zero attached hydrogens (tertiary/aromatic N) is 2. The summed E-state index contributed by atoms with van der Waals surface area (Å²) in [6.45, 7) is 7.59. The zero-order valence-electron chi connectivity index (χ0n) is 14.5. The number of amides is 1. The second-order valence-electron chi connectivity index (χ2n) is 6.75. The molecule has 2 aliphatic heterocycles. The molecule has 0 bridgehead atoms. The van der Waals surface area contributed by atoms with E-state index in [-0.39, 0.29) is 17.6 Å². The average Bonchev–Trinajstić information content (AvgIpc) is 2.56. The summed E-state index contributed by atoms with van der Waals surface area (Å²) in [4.78, 5) is 14.7. The summed E-state index contributed by atoms with van der Waals surface area (Å²) in [5.74, 6) is 0.179. The minimum absolute atomic E-state index is 0.0444. The van der Waals surface area contributed by atoms with E-state index in [9.17, 15) is 13.2 Å². The van der Waals surface area contributed by atoms with Gasteiger partial charge in [0.2, 0.25) is 15.9 Å². The van der Waals surface area contributed by atoms with Crippen LogP contribution in [0.4, 0.5) is 0 Å². The van der Waals surface area contributed by atoms with Gasteiger partial charge in [-0.3, -0.25) is 9.69 Å². The van der Waals surface area contributed by atoms with E-state index in [4.69, 9.17) is 0 Å². The zero-order valence-corrected chi connectivity index (χ0v) is 15.3. The Balaban J connectivity index is 1.69. The van der Waals surface area contributed by atoms with Gasteiger partial charge in [0.25, 0.3) is 0 Å². The van der Waals surface area contributed by atoms with Crippen LogP contribution in [0.15, 0.2) is 0 Å². The average molecular weight is 346 g/mol. The molecule has 1 atom stereocenters. The van der Waals surface area contributed by atoms with Crippen molar-refractivity contribution in [1.29, 1.82) is 0 Å². The molecule has 0 saturated carbocycles. The molecule has 6 nitrogen and oxygen atoms in total. The quantitative estimate of drug-likeness (QED) is 0.781. The van der Waals surface area contributed by atoms with E-state index in [2.05, 4.69) is 17.1 Å². The third kappa shape index (κ3) is 5.16. The van der Waals surface area contributed by atoms with Crippen molar-refractivity contribution < 1.29 is 13.2 Å². The van der Waals surface area contributed by atoms with Crippen molar-refractivity contribution in [3.63, 3.8) is 0 Å². The van der Waals surface area contributed by atoms with Gasteiger partial charge in [-0.05, 0) is 46.1 Å². The summed E-state index contributed by atoms with van der Waals surface area (Å²) < 4.78 is 25.2. The van der Waals surface area contributed by atoms with Crippen LogP contribution in [0.2, 0.25) is 0 Å². The first-order chi connectivity index (χ1) is 10.9. The number of hydrogen-bond donors (Lipinski definition) is 1. The number of hydrogen-bond acceptors (Lipinski definition) is 4. The molecule has 134 valence electrons. The number of piperidine rings is 2. The molecular weight excluding hydrogens is 314 g/mol. The van der Waals surface area contributed by atoms with Crippen LogP contribution < -0.4 is 5.32 Å². The maximum absolute atomic E-state index is 12.2. The van der Waals surface area contributed by atoms with Crippen molar-refractivity contribution in [2.45, 2.75) is 52.0 Å². The van der Waals surface area contributed by atoms with Crippen LogP contribution >= 0.6 is 0 Å². The topological polar surface area (TPSA) is 69.7 Å². The molecule has 0 aromatic heterocycles. The number of carbonyl (C=O) groups is 1. The normalized spacial score (nSPS) is 25.4. The summed E-state index contributed by atoms with van der Waals surface area (Å²) in [6, 6.07) is 0.614. The van der Waals surface area contributed by atoms with Crippen LogP contribution in [0.25, 0.3) is 0 Å². The zero-order chi connectivity index (χ0) is 16.9. The van der Waals surface area contributed by atoms with E-state index in [1.54, 1.807) is 6.92 Å². The van der Waals surface area contributed by atoms with Crippen molar-refractivity contribution in [2.24, 2.45) is 5.92 Å². The Morgan fingerprint density at radius 2 is 1.83 bits per heavy atom. The first-order valence-electron chi connectivity index (χ1n) is 8.93. The van der Waals surface area contributed by atoms with Gasteiger partial charge in [0.1, 0.15) is 0 Å². The van der Waals surface area contributed by atoms with Gasteiger partial charge in [0, 0.05) is 38.1 Å². The fourth-order valence-corrected chi connectivity index (χ4v) is 4.67. The van der Waals surface area contributed by atoms with Gasteiger partial charge in [-0.2, -0.15) is 0 Å². The highest BCUT2D eigenvalue weighted by Crippen LogP contribution is 2.20. The molecule has 0 aromatic carbocycles. The van der Waals surface area contributed by atoms with Crippen molar-refractivity contribution in [3.05, 3.63) is 0 Å². The summed E-state index contributed by atoms with van der Waals surface area (Å²) in [7, 11) is -3.11. The van der Waals surface area contributed by atoms with Crippen LogP contribution in [0.1, 0.15) is 46.0 Å². The lowest BCUT2D eigenvalue weighted by atomic mass is 9.97. The van der Waals surface area contributed by atoms with E-state index in [0.29, 0.717) is 38.5 Å². The molecule has 2 fully saturated rings. The molecule has 23 heavy (non-hydrogen) atoms. The number of likely N-dealkylation sites (tertiary alicyclic amines) is 1. The first-order valence-corrected chi connectivity index (χ1v) is 10.5. The Labute approximate surface area is 140 Å². The molecular formula is C16H31N3O3S. The van der Waals surface area contributed by atoms with Crippen molar-refractivity contribution >= 4 is 15.9 Å². The second kappa shape index (κ2) is 8.44. The summed E-state index contributed by atoms with van der Waals surface area (Å²) in [5, 5.41) is 3.04. The molecule has 1 N–H and O–H groups in total. The lowest BCUT2D eigenvalue weighted by molar-refractivity contribution is -0.126. The molecule has 0 radical (unpaired) electrons. The smallest absolute Gasteiger partial charge is 0.223 e. The number of carbonyl (C=O) groups excluding carboxylic acids is 1. The summed E-state index contributed by atoms with van der Waals surface area (Å²) >= 11 is 0. The van der Waals surface area contributed by atoms with Crippen LogP contribution in [0, 0.1) is 5.92 Å². The van der Waals surface area contributed by atoms with Crippen molar-refractivity contribution in [3.8, 4) is 0 Å². The lowest BCUT2D eigenvalue weighted by Gasteiger charge is -2.33. The molecule has 2 rings (SSSR count). The maximum Gasteiger partial charge on any atom is 0.223 e. The fourth-order valence-electron chi connectivity index (χ4n) is 3.54. The molecule has 0 spiro atoms. The predicted octanol–water partition coefficient (Wildman–Crippen LogP) is 1.04. The largest absolute Gasteiger partial charge is 0.355 e. The molecule has 2 heterocycles. The molecule has 0 aromatic rings. The number of rotatable bonds is 6. The van der Waals surface area contributed by atoms with Crippen LogP contribution in [-0.4, -0.2) is 68.0 Å². The molecule has 0 aliphatic carbocycles. The number of nitrogens with one attached hydrogen (secondary N) is 1. The monoisotopic (exact) mass is 345 g/mol. The highest BCUT2D eigenvalue weighted by atomic mass is 32.2. The minimum Gasteiger partial charge on any atom is -0.355 e. The van der Waals surface area contributed by atoms with Gasteiger partial charge in [0.05, 0.1) is 5.75 Å². The van der Waals surface area contributed by atoms with Gasteiger partial charge in [-0.1, -0.05) is 6.42 Å². The minimum atomic E-state index is -3.11. The lowest BCUT2D eigenvalue weighted by Crippen LogP contribution is -2.46. The Bertz CT molecular complexity index is 487. The Kier molecular flexibility index (Phi) is 6.85.